The van der Waals surface area contributed by atoms with E-state index in [0.717, 1.165) is 12.8 Å². The Balaban J connectivity index is 2.26. The zero-order valence-corrected chi connectivity index (χ0v) is 12.8. The highest BCUT2D eigenvalue weighted by Crippen LogP contribution is 2.47. The average Bonchev–Trinajstić information content (AvgIpc) is 3.04. The van der Waals surface area contributed by atoms with Crippen molar-refractivity contribution < 1.29 is 9.18 Å². The van der Waals surface area contributed by atoms with Crippen LogP contribution in [0.25, 0.3) is 0 Å². The SMILES string of the molecule is C=C(F)C1(C(N)C(=O)N2C(C)[C@@H](C)C[C@H]2C#N)CCCC1. The van der Waals surface area contributed by atoms with Crippen molar-refractivity contribution in [3.8, 4) is 6.07 Å². The fourth-order valence-corrected chi connectivity index (χ4v) is 3.84. The molecule has 2 rings (SSSR count). The molecule has 1 amide bonds. The lowest BCUT2D eigenvalue weighted by Gasteiger charge is -2.37. The number of amides is 1. The first-order chi connectivity index (χ1) is 9.85. The number of halogens is 1. The van der Waals surface area contributed by atoms with Gasteiger partial charge in [-0.25, -0.2) is 4.39 Å². The molecule has 21 heavy (non-hydrogen) atoms. The Morgan fingerprint density at radius 2 is 2.05 bits per heavy atom. The summed E-state index contributed by atoms with van der Waals surface area (Å²) in [6.07, 6.45) is 3.49. The van der Waals surface area contributed by atoms with E-state index in [1.807, 2.05) is 13.8 Å². The van der Waals surface area contributed by atoms with Gasteiger partial charge in [0.15, 0.2) is 0 Å². The minimum atomic E-state index is -0.943. The molecule has 1 saturated heterocycles. The second-order valence-corrected chi connectivity index (χ2v) is 6.59. The summed E-state index contributed by atoms with van der Waals surface area (Å²) in [5.74, 6) is -0.549. The Bertz CT molecular complexity index is 478. The third kappa shape index (κ3) is 2.46. The van der Waals surface area contributed by atoms with Gasteiger partial charge in [0.2, 0.25) is 5.91 Å². The van der Waals surface area contributed by atoms with Crippen LogP contribution < -0.4 is 5.73 Å². The molecule has 1 heterocycles. The van der Waals surface area contributed by atoms with Crippen LogP contribution in [0, 0.1) is 22.7 Å². The Hall–Kier alpha value is -1.41. The molecule has 2 fully saturated rings. The Kier molecular flexibility index (Phi) is 4.38. The molecule has 4 atom stereocenters. The monoisotopic (exact) mass is 293 g/mol. The minimum absolute atomic E-state index is 0.0421. The molecule has 0 aromatic carbocycles. The Labute approximate surface area is 125 Å². The molecule has 2 unspecified atom stereocenters. The van der Waals surface area contributed by atoms with Crippen LogP contribution in [0.4, 0.5) is 4.39 Å². The van der Waals surface area contributed by atoms with Crippen molar-refractivity contribution in [1.29, 1.82) is 5.26 Å². The molecular weight excluding hydrogens is 269 g/mol. The van der Waals surface area contributed by atoms with Crippen LogP contribution in [0.3, 0.4) is 0 Å². The van der Waals surface area contributed by atoms with E-state index in [0.29, 0.717) is 19.3 Å². The van der Waals surface area contributed by atoms with Crippen LogP contribution >= 0.6 is 0 Å². The van der Waals surface area contributed by atoms with E-state index in [1.54, 1.807) is 4.90 Å². The summed E-state index contributed by atoms with van der Waals surface area (Å²) < 4.78 is 14.0. The van der Waals surface area contributed by atoms with E-state index in [1.165, 1.54) is 0 Å². The van der Waals surface area contributed by atoms with Crippen LogP contribution in [0.1, 0.15) is 46.0 Å². The van der Waals surface area contributed by atoms with E-state index in [2.05, 4.69) is 12.6 Å². The van der Waals surface area contributed by atoms with E-state index < -0.39 is 23.3 Å². The molecule has 1 saturated carbocycles. The smallest absolute Gasteiger partial charge is 0.241 e. The van der Waals surface area contributed by atoms with Crippen molar-refractivity contribution in [2.75, 3.05) is 0 Å². The first kappa shape index (κ1) is 16.0. The molecule has 0 aromatic rings. The van der Waals surface area contributed by atoms with Crippen molar-refractivity contribution in [3.05, 3.63) is 12.4 Å². The molecule has 2 aliphatic rings. The Morgan fingerprint density at radius 3 is 2.52 bits per heavy atom. The van der Waals surface area contributed by atoms with Crippen LogP contribution in [-0.2, 0) is 4.79 Å². The maximum Gasteiger partial charge on any atom is 0.241 e. The number of likely N-dealkylation sites (tertiary alicyclic amines) is 1. The number of carbonyl (C=O) groups is 1. The lowest BCUT2D eigenvalue weighted by atomic mass is 9.77. The normalized spacial score (nSPS) is 32.7. The van der Waals surface area contributed by atoms with Gasteiger partial charge in [0.25, 0.3) is 0 Å². The third-order valence-electron chi connectivity index (χ3n) is 5.49. The summed E-state index contributed by atoms with van der Waals surface area (Å²) in [7, 11) is 0. The van der Waals surface area contributed by atoms with Gasteiger partial charge in [-0.1, -0.05) is 26.3 Å². The van der Waals surface area contributed by atoms with Crippen LogP contribution in [0.5, 0.6) is 0 Å². The lowest BCUT2D eigenvalue weighted by molar-refractivity contribution is -0.137. The number of rotatable bonds is 3. The second-order valence-electron chi connectivity index (χ2n) is 6.59. The number of nitriles is 1. The van der Waals surface area contributed by atoms with Crippen LogP contribution in [0.2, 0.25) is 0 Å². The topological polar surface area (TPSA) is 70.1 Å². The Morgan fingerprint density at radius 1 is 1.48 bits per heavy atom. The van der Waals surface area contributed by atoms with Crippen molar-refractivity contribution in [2.45, 2.75) is 64.1 Å². The van der Waals surface area contributed by atoms with Gasteiger partial charge in [0, 0.05) is 11.5 Å². The van der Waals surface area contributed by atoms with Crippen LogP contribution in [0.15, 0.2) is 12.4 Å². The van der Waals surface area contributed by atoms with Crippen molar-refractivity contribution in [3.63, 3.8) is 0 Å². The number of carbonyl (C=O) groups excluding carboxylic acids is 1. The van der Waals surface area contributed by atoms with Gasteiger partial charge in [0.1, 0.15) is 11.9 Å². The summed E-state index contributed by atoms with van der Waals surface area (Å²) >= 11 is 0. The van der Waals surface area contributed by atoms with E-state index in [-0.39, 0.29) is 17.9 Å². The molecular formula is C16H24FN3O. The second kappa shape index (κ2) is 5.76. The molecule has 0 radical (unpaired) electrons. The van der Waals surface area contributed by atoms with Gasteiger partial charge >= 0.3 is 0 Å². The summed E-state index contributed by atoms with van der Waals surface area (Å²) in [6, 6.07) is 0.732. The molecule has 0 aromatic heterocycles. The molecule has 2 N–H and O–H groups in total. The number of hydrogen-bond acceptors (Lipinski definition) is 3. The first-order valence-corrected chi connectivity index (χ1v) is 7.67. The first-order valence-electron chi connectivity index (χ1n) is 7.67. The van der Waals surface area contributed by atoms with Crippen molar-refractivity contribution >= 4 is 5.91 Å². The molecule has 1 aliphatic carbocycles. The molecule has 0 spiro atoms. The van der Waals surface area contributed by atoms with E-state index >= 15 is 0 Å². The molecule has 5 heteroatoms. The standard InChI is InChI=1S/C16H24FN3O/c1-10-8-13(9-18)20(11(10)2)15(21)14(19)16(12(3)17)6-4-5-7-16/h10-11,13-14H,3-8,19H2,1-2H3/t10-,11?,13-,14?/m0/s1. The average molecular weight is 293 g/mol. The van der Waals surface area contributed by atoms with Gasteiger partial charge in [0.05, 0.1) is 12.1 Å². The molecule has 116 valence electrons. The minimum Gasteiger partial charge on any atom is -0.322 e. The van der Waals surface area contributed by atoms with Crippen LogP contribution in [-0.4, -0.2) is 28.9 Å². The fraction of sp³-hybridized carbons (Fsp3) is 0.750. The lowest BCUT2D eigenvalue weighted by Crippen LogP contribution is -2.55. The predicted molar refractivity (Wildman–Crippen MR) is 78.6 cm³/mol. The number of nitrogens with zero attached hydrogens (tertiary/aromatic N) is 2. The number of nitrogens with two attached hydrogens (primary N) is 1. The van der Waals surface area contributed by atoms with Gasteiger partial charge in [-0.05, 0) is 32.1 Å². The number of hydrogen-bond donors (Lipinski definition) is 1. The van der Waals surface area contributed by atoms with Gasteiger partial charge in [-0.3, -0.25) is 4.79 Å². The van der Waals surface area contributed by atoms with Crippen molar-refractivity contribution in [2.24, 2.45) is 17.1 Å². The summed E-state index contributed by atoms with van der Waals surface area (Å²) in [4.78, 5) is 14.4. The van der Waals surface area contributed by atoms with Crippen molar-refractivity contribution in [1.82, 2.24) is 4.90 Å². The third-order valence-corrected chi connectivity index (χ3v) is 5.49. The maximum atomic E-state index is 14.0. The summed E-state index contributed by atoms with van der Waals surface area (Å²) in [6.45, 7) is 7.38. The highest BCUT2D eigenvalue weighted by molar-refractivity contribution is 5.84. The highest BCUT2D eigenvalue weighted by Gasteiger charge is 2.50. The quantitative estimate of drug-likeness (QED) is 0.869. The maximum absolute atomic E-state index is 14.0. The van der Waals surface area contributed by atoms with Gasteiger partial charge < -0.3 is 10.6 Å². The van der Waals surface area contributed by atoms with E-state index in [9.17, 15) is 14.4 Å². The predicted octanol–water partition coefficient (Wildman–Crippen LogP) is 2.51. The molecule has 4 nitrogen and oxygen atoms in total. The zero-order chi connectivity index (χ0) is 15.8. The van der Waals surface area contributed by atoms with E-state index in [4.69, 9.17) is 5.73 Å². The zero-order valence-electron chi connectivity index (χ0n) is 12.8. The van der Waals surface area contributed by atoms with Gasteiger partial charge in [-0.15, -0.1) is 0 Å². The molecule has 0 bridgehead atoms. The molecule has 1 aliphatic heterocycles. The van der Waals surface area contributed by atoms with Gasteiger partial charge in [-0.2, -0.15) is 5.26 Å². The highest BCUT2D eigenvalue weighted by atomic mass is 19.1. The largest absolute Gasteiger partial charge is 0.322 e. The fourth-order valence-electron chi connectivity index (χ4n) is 3.84. The summed E-state index contributed by atoms with van der Waals surface area (Å²) in [5.41, 5.74) is 5.22. The summed E-state index contributed by atoms with van der Waals surface area (Å²) in [5, 5.41) is 9.27.